The number of rotatable bonds is 5. The van der Waals surface area contributed by atoms with E-state index in [9.17, 15) is 4.79 Å². The van der Waals surface area contributed by atoms with Crippen molar-refractivity contribution in [1.29, 1.82) is 0 Å². The first-order valence-electron chi connectivity index (χ1n) is 6.94. The summed E-state index contributed by atoms with van der Waals surface area (Å²) < 4.78 is 5.55. The normalized spacial score (nSPS) is 13.1. The smallest absolute Gasteiger partial charge is 0.407 e. The van der Waals surface area contributed by atoms with Crippen molar-refractivity contribution in [2.75, 3.05) is 20.6 Å². The highest BCUT2D eigenvalue weighted by Crippen LogP contribution is 2.08. The van der Waals surface area contributed by atoms with E-state index in [0.29, 0.717) is 6.54 Å². The van der Waals surface area contributed by atoms with Gasteiger partial charge in [-0.1, -0.05) is 30.3 Å². The highest BCUT2D eigenvalue weighted by molar-refractivity contribution is 5.68. The minimum atomic E-state index is -0.361. The first kappa shape index (κ1) is 16.5. The van der Waals surface area contributed by atoms with Gasteiger partial charge in [-0.3, -0.25) is 0 Å². The van der Waals surface area contributed by atoms with Gasteiger partial charge in [0.1, 0.15) is 6.10 Å². The van der Waals surface area contributed by atoms with Crippen LogP contribution in [0.2, 0.25) is 0 Å². The van der Waals surface area contributed by atoms with Gasteiger partial charge < -0.3 is 15.0 Å². The second-order valence-electron chi connectivity index (χ2n) is 6.35. The topological polar surface area (TPSA) is 41.6 Å². The van der Waals surface area contributed by atoms with E-state index in [1.54, 1.807) is 0 Å². The number of nitrogens with zero attached hydrogens (tertiary/aromatic N) is 1. The van der Waals surface area contributed by atoms with E-state index in [0.717, 1.165) is 6.42 Å². The summed E-state index contributed by atoms with van der Waals surface area (Å²) in [6.07, 6.45) is 0.200. The molecule has 0 saturated heterocycles. The predicted molar refractivity (Wildman–Crippen MR) is 81.9 cm³/mol. The molecular weight excluding hydrogens is 252 g/mol. The molecule has 0 spiro atoms. The number of likely N-dealkylation sites (N-methyl/N-ethyl adjacent to an activating group) is 1. The summed E-state index contributed by atoms with van der Waals surface area (Å²) in [6, 6.07) is 10.1. The average Bonchev–Trinajstić information content (AvgIpc) is 2.26. The van der Waals surface area contributed by atoms with Crippen LogP contribution in [0.25, 0.3) is 0 Å². The number of hydrogen-bond acceptors (Lipinski definition) is 3. The molecule has 1 amide bonds. The fraction of sp³-hybridized carbons (Fsp3) is 0.562. The van der Waals surface area contributed by atoms with Crippen molar-refractivity contribution in [1.82, 2.24) is 10.2 Å². The van der Waals surface area contributed by atoms with Crippen molar-refractivity contribution in [3.8, 4) is 0 Å². The van der Waals surface area contributed by atoms with Crippen LogP contribution in [0.4, 0.5) is 4.79 Å². The molecule has 1 N–H and O–H groups in total. The van der Waals surface area contributed by atoms with Gasteiger partial charge in [0.2, 0.25) is 0 Å². The Morgan fingerprint density at radius 2 is 1.85 bits per heavy atom. The molecule has 0 unspecified atom stereocenters. The van der Waals surface area contributed by atoms with Gasteiger partial charge in [0.15, 0.2) is 0 Å². The molecule has 0 fully saturated rings. The van der Waals surface area contributed by atoms with Crippen molar-refractivity contribution >= 4 is 6.09 Å². The Hall–Kier alpha value is -1.55. The molecule has 1 atom stereocenters. The van der Waals surface area contributed by atoms with Crippen molar-refractivity contribution in [3.63, 3.8) is 0 Å². The standard InChI is InChI=1S/C16H26N2O2/c1-16(2,3)17-15(19)20-14(12-18(4)5)11-13-9-7-6-8-10-13/h6-10,14H,11-12H2,1-5H3,(H,17,19)/t14-/m0/s1. The lowest BCUT2D eigenvalue weighted by Crippen LogP contribution is -2.44. The molecule has 1 aromatic carbocycles. The third-order valence-corrected chi connectivity index (χ3v) is 2.63. The Bertz CT molecular complexity index is 410. The van der Waals surface area contributed by atoms with Gasteiger partial charge in [-0.05, 0) is 40.4 Å². The fourth-order valence-electron chi connectivity index (χ4n) is 1.91. The number of carbonyl (C=O) groups excluding carboxylic acids is 1. The van der Waals surface area contributed by atoms with Crippen molar-refractivity contribution in [3.05, 3.63) is 35.9 Å². The molecule has 0 radical (unpaired) electrons. The highest BCUT2D eigenvalue weighted by Gasteiger charge is 2.20. The van der Waals surface area contributed by atoms with E-state index < -0.39 is 0 Å². The zero-order valence-electron chi connectivity index (χ0n) is 13.1. The lowest BCUT2D eigenvalue weighted by Gasteiger charge is -2.25. The second-order valence-corrected chi connectivity index (χ2v) is 6.35. The third kappa shape index (κ3) is 7.14. The number of ether oxygens (including phenoxy) is 1. The summed E-state index contributed by atoms with van der Waals surface area (Å²) in [5.74, 6) is 0. The van der Waals surface area contributed by atoms with E-state index in [1.807, 2.05) is 70.1 Å². The van der Waals surface area contributed by atoms with E-state index in [4.69, 9.17) is 4.74 Å². The van der Waals surface area contributed by atoms with Crippen LogP contribution in [-0.2, 0) is 11.2 Å². The third-order valence-electron chi connectivity index (χ3n) is 2.63. The molecule has 0 saturated carbocycles. The van der Waals surface area contributed by atoms with Gasteiger partial charge in [-0.15, -0.1) is 0 Å². The van der Waals surface area contributed by atoms with Gasteiger partial charge in [-0.25, -0.2) is 4.79 Å². The Kier molecular flexibility index (Phi) is 6.02. The largest absolute Gasteiger partial charge is 0.445 e. The van der Waals surface area contributed by atoms with Gasteiger partial charge in [0.05, 0.1) is 0 Å². The first-order chi connectivity index (χ1) is 9.26. The van der Waals surface area contributed by atoms with Gasteiger partial charge in [0, 0.05) is 18.5 Å². The zero-order chi connectivity index (χ0) is 15.2. The highest BCUT2D eigenvalue weighted by atomic mass is 16.6. The molecule has 4 heteroatoms. The number of carbonyl (C=O) groups is 1. The molecule has 0 aromatic heterocycles. The van der Waals surface area contributed by atoms with E-state index in [1.165, 1.54) is 5.56 Å². The van der Waals surface area contributed by atoms with E-state index in [-0.39, 0.29) is 17.7 Å². The van der Waals surface area contributed by atoms with Crippen LogP contribution >= 0.6 is 0 Å². The first-order valence-corrected chi connectivity index (χ1v) is 6.94. The van der Waals surface area contributed by atoms with Crippen LogP contribution in [-0.4, -0.2) is 43.3 Å². The van der Waals surface area contributed by atoms with Gasteiger partial charge in [0.25, 0.3) is 0 Å². The maximum atomic E-state index is 11.9. The summed E-state index contributed by atoms with van der Waals surface area (Å²) in [5, 5.41) is 2.83. The van der Waals surface area contributed by atoms with Gasteiger partial charge in [-0.2, -0.15) is 0 Å². The average molecular weight is 278 g/mol. The Balaban J connectivity index is 2.63. The van der Waals surface area contributed by atoms with Gasteiger partial charge >= 0.3 is 6.09 Å². The summed E-state index contributed by atoms with van der Waals surface area (Å²) in [5.41, 5.74) is 0.884. The second kappa shape index (κ2) is 7.29. The summed E-state index contributed by atoms with van der Waals surface area (Å²) in [6.45, 7) is 6.51. The number of alkyl carbamates (subject to hydrolysis) is 1. The molecule has 112 valence electrons. The molecule has 20 heavy (non-hydrogen) atoms. The molecule has 0 heterocycles. The molecule has 1 rings (SSSR count). The van der Waals surface area contributed by atoms with Crippen molar-refractivity contribution in [2.24, 2.45) is 0 Å². The molecule has 0 bridgehead atoms. The SMILES string of the molecule is CN(C)C[C@H](Cc1ccccc1)OC(=O)NC(C)(C)C. The Labute approximate surface area is 122 Å². The van der Waals surface area contributed by atoms with Crippen molar-refractivity contribution < 1.29 is 9.53 Å². The van der Waals surface area contributed by atoms with Crippen LogP contribution in [0.3, 0.4) is 0 Å². The molecule has 4 nitrogen and oxygen atoms in total. The van der Waals surface area contributed by atoms with Crippen molar-refractivity contribution in [2.45, 2.75) is 38.8 Å². The van der Waals surface area contributed by atoms with Crippen LogP contribution in [0.15, 0.2) is 30.3 Å². The Morgan fingerprint density at radius 3 is 2.35 bits per heavy atom. The predicted octanol–water partition coefficient (Wildman–Crippen LogP) is 2.68. The maximum absolute atomic E-state index is 11.9. The minimum Gasteiger partial charge on any atom is -0.445 e. The summed E-state index contributed by atoms with van der Waals surface area (Å²) in [7, 11) is 3.95. The summed E-state index contributed by atoms with van der Waals surface area (Å²) >= 11 is 0. The minimum absolute atomic E-state index is 0.158. The Morgan fingerprint density at radius 1 is 1.25 bits per heavy atom. The monoisotopic (exact) mass is 278 g/mol. The molecule has 0 aliphatic carbocycles. The number of nitrogens with one attached hydrogen (secondary N) is 1. The molecule has 0 aliphatic heterocycles. The zero-order valence-corrected chi connectivity index (χ0v) is 13.1. The van der Waals surface area contributed by atoms with Crippen LogP contribution in [0, 0.1) is 0 Å². The van der Waals surface area contributed by atoms with Crippen LogP contribution < -0.4 is 5.32 Å². The maximum Gasteiger partial charge on any atom is 0.407 e. The molecular formula is C16H26N2O2. The van der Waals surface area contributed by atoms with E-state index >= 15 is 0 Å². The molecule has 1 aromatic rings. The number of amides is 1. The van der Waals surface area contributed by atoms with Crippen LogP contribution in [0.1, 0.15) is 26.3 Å². The number of benzene rings is 1. The van der Waals surface area contributed by atoms with E-state index in [2.05, 4.69) is 5.32 Å². The molecule has 0 aliphatic rings. The van der Waals surface area contributed by atoms with Crippen LogP contribution in [0.5, 0.6) is 0 Å². The quantitative estimate of drug-likeness (QED) is 0.900. The summed E-state index contributed by atoms with van der Waals surface area (Å²) in [4.78, 5) is 13.9. The lowest BCUT2D eigenvalue weighted by molar-refractivity contribution is 0.0758. The fourth-order valence-corrected chi connectivity index (χ4v) is 1.91. The lowest BCUT2D eigenvalue weighted by atomic mass is 10.1. The number of hydrogen-bond donors (Lipinski definition) is 1.